The van der Waals surface area contributed by atoms with E-state index in [1.807, 2.05) is 12.1 Å². The zero-order chi connectivity index (χ0) is 35.6. The number of anilines is 3. The molecule has 54 heavy (non-hydrogen) atoms. The van der Waals surface area contributed by atoms with Gasteiger partial charge in [0.15, 0.2) is 0 Å². The van der Waals surface area contributed by atoms with Crippen molar-refractivity contribution in [3.05, 3.63) is 200 Å². The minimum atomic E-state index is 0.870. The molecular formula is C52H33NO. The summed E-state index contributed by atoms with van der Waals surface area (Å²) in [5.74, 6) is 0. The minimum absolute atomic E-state index is 0.870. The summed E-state index contributed by atoms with van der Waals surface area (Å²) < 4.78 is 6.41. The number of fused-ring (bicyclic) bond motifs is 10. The van der Waals surface area contributed by atoms with Crippen LogP contribution in [0.1, 0.15) is 0 Å². The van der Waals surface area contributed by atoms with E-state index in [4.69, 9.17) is 4.42 Å². The molecule has 0 amide bonds. The second-order valence-corrected chi connectivity index (χ2v) is 14.1. The van der Waals surface area contributed by atoms with Crippen LogP contribution in [0.5, 0.6) is 0 Å². The molecule has 10 aromatic carbocycles. The van der Waals surface area contributed by atoms with Gasteiger partial charge in [-0.3, -0.25) is 0 Å². The maximum Gasteiger partial charge on any atom is 0.137 e. The number of benzene rings is 10. The van der Waals surface area contributed by atoms with Crippen molar-refractivity contribution in [2.24, 2.45) is 0 Å². The lowest BCUT2D eigenvalue weighted by atomic mass is 9.88. The molecule has 0 saturated heterocycles. The lowest BCUT2D eigenvalue weighted by molar-refractivity contribution is 0.669. The molecule has 1 aromatic heterocycles. The van der Waals surface area contributed by atoms with Gasteiger partial charge in [-0.05, 0) is 102 Å². The Bertz CT molecular complexity index is 3210. The molecule has 0 aliphatic rings. The van der Waals surface area contributed by atoms with Crippen LogP contribution in [0.3, 0.4) is 0 Å². The zero-order valence-electron chi connectivity index (χ0n) is 29.4. The maximum atomic E-state index is 6.41. The van der Waals surface area contributed by atoms with E-state index >= 15 is 0 Å². The molecule has 0 aliphatic carbocycles. The molecule has 0 bridgehead atoms. The molecule has 11 rings (SSSR count). The summed E-state index contributed by atoms with van der Waals surface area (Å²) >= 11 is 0. The molecule has 2 heteroatoms. The lowest BCUT2D eigenvalue weighted by Crippen LogP contribution is -2.11. The van der Waals surface area contributed by atoms with Gasteiger partial charge >= 0.3 is 0 Å². The Kier molecular flexibility index (Phi) is 6.90. The third-order valence-corrected chi connectivity index (χ3v) is 11.0. The first-order chi connectivity index (χ1) is 26.8. The molecule has 0 atom stereocenters. The van der Waals surface area contributed by atoms with Crippen LogP contribution in [0.25, 0.3) is 87.3 Å². The fourth-order valence-corrected chi connectivity index (χ4v) is 8.53. The largest absolute Gasteiger partial charge is 0.456 e. The lowest BCUT2D eigenvalue weighted by Gasteiger charge is -2.28. The van der Waals surface area contributed by atoms with Gasteiger partial charge in [-0.2, -0.15) is 0 Å². The van der Waals surface area contributed by atoms with Crippen LogP contribution in [-0.4, -0.2) is 0 Å². The van der Waals surface area contributed by atoms with E-state index in [0.717, 1.165) is 44.6 Å². The van der Waals surface area contributed by atoms with Crippen molar-refractivity contribution in [1.82, 2.24) is 0 Å². The molecule has 2 nitrogen and oxygen atoms in total. The van der Waals surface area contributed by atoms with Crippen LogP contribution in [0.4, 0.5) is 17.1 Å². The second-order valence-electron chi connectivity index (χ2n) is 14.1. The maximum absolute atomic E-state index is 6.41. The first kappa shape index (κ1) is 30.5. The van der Waals surface area contributed by atoms with Gasteiger partial charge in [0.05, 0.1) is 5.69 Å². The predicted octanol–water partition coefficient (Wildman–Crippen LogP) is 15.0. The van der Waals surface area contributed by atoms with Crippen molar-refractivity contribution in [2.75, 3.05) is 4.90 Å². The summed E-state index contributed by atoms with van der Waals surface area (Å²) in [6.45, 7) is 0. The van der Waals surface area contributed by atoms with Crippen molar-refractivity contribution in [3.8, 4) is 22.3 Å². The van der Waals surface area contributed by atoms with Crippen molar-refractivity contribution < 1.29 is 4.42 Å². The van der Waals surface area contributed by atoms with E-state index in [2.05, 4.69) is 193 Å². The van der Waals surface area contributed by atoms with Crippen LogP contribution in [0.15, 0.2) is 205 Å². The molecular weight excluding hydrogens is 655 g/mol. The fourth-order valence-electron chi connectivity index (χ4n) is 8.53. The molecule has 0 N–H and O–H groups in total. The van der Waals surface area contributed by atoms with Crippen LogP contribution in [-0.2, 0) is 0 Å². The summed E-state index contributed by atoms with van der Waals surface area (Å²) in [6, 6.07) is 72.3. The average molecular weight is 688 g/mol. The quantitative estimate of drug-likeness (QED) is 0.168. The zero-order valence-corrected chi connectivity index (χ0v) is 29.4. The van der Waals surface area contributed by atoms with E-state index < -0.39 is 0 Å². The second kappa shape index (κ2) is 12.2. The summed E-state index contributed by atoms with van der Waals surface area (Å²) in [5, 5.41) is 12.4. The highest BCUT2D eigenvalue weighted by atomic mass is 16.3. The summed E-state index contributed by atoms with van der Waals surface area (Å²) in [4.78, 5) is 2.36. The normalized spacial score (nSPS) is 11.7. The fraction of sp³-hybridized carbons (Fsp3) is 0. The Hall–Kier alpha value is -7.16. The Morgan fingerprint density at radius 2 is 0.889 bits per heavy atom. The van der Waals surface area contributed by atoms with Crippen LogP contribution in [0.2, 0.25) is 0 Å². The Morgan fingerprint density at radius 3 is 1.70 bits per heavy atom. The first-order valence-corrected chi connectivity index (χ1v) is 18.5. The van der Waals surface area contributed by atoms with Gasteiger partial charge in [-0.15, -0.1) is 0 Å². The standard InChI is InChI=1S/C52H33NO/c1-2-12-34(13-3-1)41-16-8-10-20-48(41)53(40-29-31-45-44-19-9-11-21-49(44)54-50(45)33-40)39-27-24-37(25-28-39)47-32-38-23-22-35-14-4-6-17-42(35)51(38)52-43-18-7-5-15-36(43)26-30-46(47)52/h1-33H. The van der Waals surface area contributed by atoms with Gasteiger partial charge in [0, 0.05) is 33.8 Å². The van der Waals surface area contributed by atoms with Crippen molar-refractivity contribution in [2.45, 2.75) is 0 Å². The van der Waals surface area contributed by atoms with E-state index in [1.54, 1.807) is 0 Å². The van der Waals surface area contributed by atoms with E-state index in [1.165, 1.54) is 59.8 Å². The highest BCUT2D eigenvalue weighted by Gasteiger charge is 2.20. The van der Waals surface area contributed by atoms with Gasteiger partial charge in [0.1, 0.15) is 11.2 Å². The molecule has 0 fully saturated rings. The Labute approximate surface area is 312 Å². The Balaban J connectivity index is 1.12. The number of hydrogen-bond donors (Lipinski definition) is 0. The topological polar surface area (TPSA) is 16.4 Å². The van der Waals surface area contributed by atoms with E-state index in [9.17, 15) is 0 Å². The van der Waals surface area contributed by atoms with Gasteiger partial charge in [0.2, 0.25) is 0 Å². The molecule has 1 heterocycles. The highest BCUT2D eigenvalue weighted by Crippen LogP contribution is 2.45. The number of furan rings is 1. The van der Waals surface area contributed by atoms with E-state index in [0.29, 0.717) is 0 Å². The predicted molar refractivity (Wildman–Crippen MR) is 229 cm³/mol. The van der Waals surface area contributed by atoms with Crippen LogP contribution < -0.4 is 4.90 Å². The van der Waals surface area contributed by atoms with Crippen molar-refractivity contribution >= 4 is 82.1 Å². The van der Waals surface area contributed by atoms with Gasteiger partial charge in [0.25, 0.3) is 0 Å². The molecule has 252 valence electrons. The number of nitrogens with zero attached hydrogens (tertiary/aromatic N) is 1. The minimum Gasteiger partial charge on any atom is -0.456 e. The first-order valence-electron chi connectivity index (χ1n) is 18.5. The van der Waals surface area contributed by atoms with Crippen LogP contribution >= 0.6 is 0 Å². The van der Waals surface area contributed by atoms with E-state index in [-0.39, 0.29) is 0 Å². The van der Waals surface area contributed by atoms with Gasteiger partial charge in [-0.25, -0.2) is 0 Å². The van der Waals surface area contributed by atoms with Gasteiger partial charge in [-0.1, -0.05) is 152 Å². The molecule has 0 saturated carbocycles. The van der Waals surface area contributed by atoms with Crippen LogP contribution in [0, 0.1) is 0 Å². The Morgan fingerprint density at radius 1 is 0.315 bits per heavy atom. The number of para-hydroxylation sites is 2. The SMILES string of the molecule is c1ccc(-c2ccccc2N(c2ccc(-c3cc4ccc5ccccc5c4c4c3ccc3ccccc34)cc2)c2ccc3c(c2)oc2ccccc23)cc1. The third-order valence-electron chi connectivity index (χ3n) is 11.0. The van der Waals surface area contributed by atoms with Crippen molar-refractivity contribution in [3.63, 3.8) is 0 Å². The summed E-state index contributed by atoms with van der Waals surface area (Å²) in [7, 11) is 0. The molecule has 0 aliphatic heterocycles. The summed E-state index contributed by atoms with van der Waals surface area (Å²) in [5.41, 5.74) is 9.70. The monoisotopic (exact) mass is 687 g/mol. The molecule has 0 radical (unpaired) electrons. The molecule has 0 unspecified atom stereocenters. The average Bonchev–Trinajstić information content (AvgIpc) is 3.62. The number of hydrogen-bond acceptors (Lipinski definition) is 2. The molecule has 11 aromatic rings. The number of rotatable bonds is 5. The highest BCUT2D eigenvalue weighted by molar-refractivity contribution is 6.30. The molecule has 0 spiro atoms. The third kappa shape index (κ3) is 4.81. The summed E-state index contributed by atoms with van der Waals surface area (Å²) in [6.07, 6.45) is 0. The smallest absolute Gasteiger partial charge is 0.137 e. The van der Waals surface area contributed by atoms with Gasteiger partial charge < -0.3 is 9.32 Å². The van der Waals surface area contributed by atoms with Crippen molar-refractivity contribution in [1.29, 1.82) is 0 Å².